The summed E-state index contributed by atoms with van der Waals surface area (Å²) in [7, 11) is -3.99. The normalized spacial score (nSPS) is 20.3. The van der Waals surface area contributed by atoms with E-state index in [0.29, 0.717) is 24.3 Å². The average Bonchev–Trinajstić information content (AvgIpc) is 2.90. The molecule has 2 heterocycles. The Morgan fingerprint density at radius 3 is 2.47 bits per heavy atom. The predicted octanol–water partition coefficient (Wildman–Crippen LogP) is 2.74. The lowest BCUT2D eigenvalue weighted by Crippen LogP contribution is -2.65. The van der Waals surface area contributed by atoms with Gasteiger partial charge in [0, 0.05) is 23.6 Å². The average molecular weight is 530 g/mol. The topological polar surface area (TPSA) is 99.2 Å². The van der Waals surface area contributed by atoms with Crippen molar-refractivity contribution in [2.45, 2.75) is 42.0 Å². The molecule has 1 atom stereocenters. The number of carbonyl (C=O) groups excluding carboxylic acids is 1. The van der Waals surface area contributed by atoms with Gasteiger partial charge in [-0.25, -0.2) is 13.9 Å². The van der Waals surface area contributed by atoms with Gasteiger partial charge < -0.3 is 4.74 Å². The molecular weight excluding hydrogens is 498 g/mol. The van der Waals surface area contributed by atoms with E-state index in [1.807, 2.05) is 18.2 Å². The van der Waals surface area contributed by atoms with Crippen LogP contribution in [0.5, 0.6) is 5.75 Å². The van der Waals surface area contributed by atoms with Crippen molar-refractivity contribution in [3.63, 3.8) is 0 Å². The molecule has 10 heteroatoms. The van der Waals surface area contributed by atoms with Gasteiger partial charge in [0.15, 0.2) is 0 Å². The van der Waals surface area contributed by atoms with Gasteiger partial charge in [-0.3, -0.25) is 14.9 Å². The summed E-state index contributed by atoms with van der Waals surface area (Å²) in [6.45, 7) is 4.39. The minimum absolute atomic E-state index is 0.0794. The molecule has 2 fully saturated rings. The van der Waals surface area contributed by atoms with E-state index in [0.717, 1.165) is 19.6 Å². The number of nitrogens with zero attached hydrogens (tertiary/aromatic N) is 2. The second-order valence-electron chi connectivity index (χ2n) is 8.86. The van der Waals surface area contributed by atoms with Crippen molar-refractivity contribution in [1.82, 2.24) is 14.7 Å². The molecule has 0 aromatic heterocycles. The van der Waals surface area contributed by atoms with Crippen LogP contribution in [-0.4, -0.2) is 71.5 Å². The van der Waals surface area contributed by atoms with Gasteiger partial charge in [0.25, 0.3) is 5.91 Å². The summed E-state index contributed by atoms with van der Waals surface area (Å²) in [5, 5.41) is 9.57. The lowest BCUT2D eigenvalue weighted by atomic mass is 9.87. The van der Waals surface area contributed by atoms with Crippen LogP contribution >= 0.6 is 11.8 Å². The van der Waals surface area contributed by atoms with Gasteiger partial charge in [-0.1, -0.05) is 36.3 Å². The number of amides is 1. The molecular formula is C26H31N3O5S2. The number of rotatable bonds is 7. The van der Waals surface area contributed by atoms with Crippen LogP contribution in [0.1, 0.15) is 25.3 Å². The van der Waals surface area contributed by atoms with E-state index in [2.05, 4.69) is 28.9 Å². The van der Waals surface area contributed by atoms with Crippen LogP contribution in [-0.2, 0) is 21.4 Å². The first-order valence-electron chi connectivity index (χ1n) is 11.9. The second-order valence-corrected chi connectivity index (χ2v) is 12.3. The predicted molar refractivity (Wildman–Crippen MR) is 139 cm³/mol. The number of hydroxylamine groups is 1. The number of ether oxygens (including phenoxy) is 1. The van der Waals surface area contributed by atoms with Gasteiger partial charge in [0.2, 0.25) is 10.0 Å². The Hall–Kier alpha value is -2.55. The smallest absolute Gasteiger partial charge is 0.263 e. The maximum atomic E-state index is 13.7. The van der Waals surface area contributed by atoms with Gasteiger partial charge in [0.1, 0.15) is 18.4 Å². The first-order valence-corrected chi connectivity index (χ1v) is 14.3. The fraction of sp³-hybridized carbons (Fsp3) is 0.423. The number of nitrogens with one attached hydrogen (secondary N) is 1. The quantitative estimate of drug-likeness (QED) is 0.323. The van der Waals surface area contributed by atoms with Crippen LogP contribution in [0.2, 0.25) is 0 Å². The highest BCUT2D eigenvalue weighted by atomic mass is 32.2. The van der Waals surface area contributed by atoms with Crippen LogP contribution < -0.4 is 10.2 Å². The minimum Gasteiger partial charge on any atom is -0.481 e. The van der Waals surface area contributed by atoms with Crippen LogP contribution in [0, 0.1) is 11.8 Å². The van der Waals surface area contributed by atoms with E-state index in [1.165, 1.54) is 22.0 Å². The zero-order valence-corrected chi connectivity index (χ0v) is 21.9. The number of likely N-dealkylation sites (tertiary alicyclic amines) is 1. The van der Waals surface area contributed by atoms with Gasteiger partial charge in [-0.15, -0.1) is 5.92 Å². The van der Waals surface area contributed by atoms with Crippen molar-refractivity contribution in [2.24, 2.45) is 0 Å². The highest BCUT2D eigenvalue weighted by molar-refractivity contribution is 8.01. The molecule has 2 aliphatic rings. The lowest BCUT2D eigenvalue weighted by Gasteiger charge is -2.51. The molecule has 0 saturated carbocycles. The Balaban J connectivity index is 1.54. The molecule has 0 aliphatic carbocycles. The first kappa shape index (κ1) is 26.5. The second kappa shape index (κ2) is 11.7. The first-order chi connectivity index (χ1) is 17.4. The Morgan fingerprint density at radius 2 is 1.83 bits per heavy atom. The highest BCUT2D eigenvalue weighted by Gasteiger charge is 2.54. The molecule has 36 heavy (non-hydrogen) atoms. The molecule has 2 N–H and O–H groups in total. The van der Waals surface area contributed by atoms with Crippen molar-refractivity contribution < 1.29 is 23.2 Å². The van der Waals surface area contributed by atoms with E-state index in [9.17, 15) is 18.4 Å². The maximum Gasteiger partial charge on any atom is 0.263 e. The molecule has 0 bridgehead atoms. The molecule has 2 aliphatic heterocycles. The monoisotopic (exact) mass is 529 g/mol. The molecule has 8 nitrogen and oxygen atoms in total. The summed E-state index contributed by atoms with van der Waals surface area (Å²) in [6.07, 6.45) is 1.28. The summed E-state index contributed by atoms with van der Waals surface area (Å²) in [6, 6.07) is 15.3. The fourth-order valence-electron chi connectivity index (χ4n) is 4.88. The Kier molecular flexibility index (Phi) is 8.59. The molecule has 2 aromatic carbocycles. The third kappa shape index (κ3) is 5.71. The number of hydrogen-bond acceptors (Lipinski definition) is 7. The van der Waals surface area contributed by atoms with Crippen molar-refractivity contribution in [3.8, 4) is 17.6 Å². The van der Waals surface area contributed by atoms with E-state index < -0.39 is 26.7 Å². The molecule has 0 radical (unpaired) electrons. The molecule has 2 aromatic rings. The summed E-state index contributed by atoms with van der Waals surface area (Å²) in [5.41, 5.74) is 2.96. The Morgan fingerprint density at radius 1 is 1.14 bits per heavy atom. The van der Waals surface area contributed by atoms with Gasteiger partial charge in [-0.05, 0) is 62.7 Å². The van der Waals surface area contributed by atoms with E-state index in [4.69, 9.17) is 4.74 Å². The number of thioether (sulfide) groups is 1. The standard InChI is InChI=1S/C26H31N3O5S2/c1-2-3-18-34-22-9-11-23(12-10-22)36(32,33)29-17-19-35-26(24(29)25(30)27-31)13-15-28(16-14-26)20-21-7-5-4-6-8-21/h4-12,24,31H,13-20H2,1H3,(H,27,30). The van der Waals surface area contributed by atoms with Crippen LogP contribution in [0.15, 0.2) is 59.5 Å². The van der Waals surface area contributed by atoms with Gasteiger partial charge in [-0.2, -0.15) is 16.1 Å². The number of hydrogen-bond donors (Lipinski definition) is 2. The third-order valence-corrected chi connectivity index (χ3v) is 10.2. The van der Waals surface area contributed by atoms with Gasteiger partial charge >= 0.3 is 0 Å². The van der Waals surface area contributed by atoms with E-state index in [1.54, 1.807) is 36.3 Å². The molecule has 2 saturated heterocycles. The van der Waals surface area contributed by atoms with Crippen molar-refractivity contribution in [1.29, 1.82) is 0 Å². The summed E-state index contributed by atoms with van der Waals surface area (Å²) in [4.78, 5) is 15.4. The van der Waals surface area contributed by atoms with Crippen LogP contribution in [0.4, 0.5) is 0 Å². The summed E-state index contributed by atoms with van der Waals surface area (Å²) in [5.74, 6) is 5.93. The Labute approximate surface area is 217 Å². The molecule has 1 amide bonds. The van der Waals surface area contributed by atoms with Crippen molar-refractivity contribution in [2.75, 3.05) is 32.0 Å². The number of sulfonamides is 1. The highest BCUT2D eigenvalue weighted by Crippen LogP contribution is 2.46. The zero-order chi connectivity index (χ0) is 25.6. The molecule has 192 valence electrons. The summed E-state index contributed by atoms with van der Waals surface area (Å²) < 4.78 is 33.5. The molecule has 1 unspecified atom stereocenters. The van der Waals surface area contributed by atoms with Crippen molar-refractivity contribution in [3.05, 3.63) is 60.2 Å². The van der Waals surface area contributed by atoms with E-state index in [-0.39, 0.29) is 18.0 Å². The number of carbonyl (C=O) groups is 1. The Bertz CT molecular complexity index is 1200. The molecule has 4 rings (SSSR count). The minimum atomic E-state index is -3.99. The van der Waals surface area contributed by atoms with Crippen LogP contribution in [0.3, 0.4) is 0 Å². The maximum absolute atomic E-state index is 13.7. The zero-order valence-electron chi connectivity index (χ0n) is 20.2. The molecule has 1 spiro atoms. The SMILES string of the molecule is CC#CCOc1ccc(S(=O)(=O)N2CCSC3(CCN(Cc4ccccc4)CC3)C2C(=O)NO)cc1. The number of benzene rings is 2. The lowest BCUT2D eigenvalue weighted by molar-refractivity contribution is -0.135. The van der Waals surface area contributed by atoms with Crippen LogP contribution in [0.25, 0.3) is 0 Å². The van der Waals surface area contributed by atoms with E-state index >= 15 is 0 Å². The van der Waals surface area contributed by atoms with Crippen molar-refractivity contribution >= 4 is 27.7 Å². The van der Waals surface area contributed by atoms with Gasteiger partial charge in [0.05, 0.1) is 4.90 Å². The third-order valence-electron chi connectivity index (χ3n) is 6.72. The summed E-state index contributed by atoms with van der Waals surface area (Å²) >= 11 is 1.64. The largest absolute Gasteiger partial charge is 0.481 e. The number of piperidine rings is 1. The fourth-order valence-corrected chi connectivity index (χ4v) is 8.28.